The van der Waals surface area contributed by atoms with E-state index in [-0.39, 0.29) is 0 Å². The van der Waals surface area contributed by atoms with Crippen LogP contribution < -0.4 is 9.64 Å². The van der Waals surface area contributed by atoms with Crippen molar-refractivity contribution in [2.75, 3.05) is 38.2 Å². The summed E-state index contributed by atoms with van der Waals surface area (Å²) in [5, 5.41) is 0. The van der Waals surface area contributed by atoms with E-state index in [2.05, 4.69) is 63.8 Å². The molecule has 0 atom stereocenters. The lowest BCUT2D eigenvalue weighted by Crippen LogP contribution is -2.46. The van der Waals surface area contributed by atoms with Crippen LogP contribution >= 0.6 is 15.9 Å². The molecule has 1 saturated heterocycles. The summed E-state index contributed by atoms with van der Waals surface area (Å²) in [6.07, 6.45) is 0. The molecule has 0 saturated carbocycles. The van der Waals surface area contributed by atoms with Crippen molar-refractivity contribution in [1.82, 2.24) is 4.90 Å². The van der Waals surface area contributed by atoms with Gasteiger partial charge in [-0.25, -0.2) is 0 Å². The molecule has 0 radical (unpaired) electrons. The van der Waals surface area contributed by atoms with Gasteiger partial charge in [0.05, 0.1) is 7.11 Å². The van der Waals surface area contributed by atoms with Gasteiger partial charge < -0.3 is 9.64 Å². The summed E-state index contributed by atoms with van der Waals surface area (Å²) in [4.78, 5) is 5.02. The number of anilines is 1. The summed E-state index contributed by atoms with van der Waals surface area (Å²) >= 11 is 3.56. The third-order valence-corrected chi connectivity index (χ3v) is 5.21. The molecule has 0 aromatic heterocycles. The topological polar surface area (TPSA) is 15.7 Å². The molecule has 1 heterocycles. The second-order valence-electron chi connectivity index (χ2n) is 6.51. The van der Waals surface area contributed by atoms with Gasteiger partial charge >= 0.3 is 0 Å². The monoisotopic (exact) mass is 388 g/mol. The molecule has 3 nitrogen and oxygen atoms in total. The van der Waals surface area contributed by atoms with Crippen LogP contribution in [0, 0.1) is 13.8 Å². The number of halogens is 1. The second-order valence-corrected chi connectivity index (χ2v) is 7.42. The SMILES string of the molecule is COc1ccc(Br)cc1CN1CCN(c2cc(C)ccc2C)CC1. The van der Waals surface area contributed by atoms with Gasteiger partial charge in [-0.1, -0.05) is 28.1 Å². The molecule has 0 N–H and O–H groups in total. The van der Waals surface area contributed by atoms with E-state index in [0.717, 1.165) is 42.9 Å². The number of benzene rings is 2. The zero-order valence-electron chi connectivity index (χ0n) is 14.7. The van der Waals surface area contributed by atoms with E-state index in [0.29, 0.717) is 0 Å². The average molecular weight is 389 g/mol. The van der Waals surface area contributed by atoms with Crippen LogP contribution in [0.1, 0.15) is 16.7 Å². The highest BCUT2D eigenvalue weighted by atomic mass is 79.9. The lowest BCUT2D eigenvalue weighted by atomic mass is 10.1. The van der Waals surface area contributed by atoms with Crippen molar-refractivity contribution < 1.29 is 4.74 Å². The first kappa shape index (κ1) is 17.3. The zero-order valence-corrected chi connectivity index (χ0v) is 16.3. The number of rotatable bonds is 4. The first-order chi connectivity index (χ1) is 11.6. The van der Waals surface area contributed by atoms with Crippen molar-refractivity contribution >= 4 is 21.6 Å². The Morgan fingerprint density at radius 2 is 1.75 bits per heavy atom. The molecule has 1 fully saturated rings. The largest absolute Gasteiger partial charge is 0.496 e. The first-order valence-corrected chi connectivity index (χ1v) is 9.23. The van der Waals surface area contributed by atoms with Crippen molar-refractivity contribution in [3.8, 4) is 5.75 Å². The standard InChI is InChI=1S/C20H25BrN2O/c1-15-4-5-16(2)19(12-15)23-10-8-22(9-11-23)14-17-13-18(21)6-7-20(17)24-3/h4-7,12-13H,8-11,14H2,1-3H3. The number of hydrogen-bond acceptors (Lipinski definition) is 3. The number of aryl methyl sites for hydroxylation is 2. The molecule has 1 aliphatic heterocycles. The summed E-state index contributed by atoms with van der Waals surface area (Å²) in [5.74, 6) is 0.968. The number of piperazine rings is 1. The van der Waals surface area contributed by atoms with E-state index in [1.807, 2.05) is 12.1 Å². The molecule has 0 amide bonds. The zero-order chi connectivity index (χ0) is 17.1. The van der Waals surface area contributed by atoms with Gasteiger partial charge in [0, 0.05) is 48.4 Å². The number of hydrogen-bond donors (Lipinski definition) is 0. The molecular formula is C20H25BrN2O. The van der Waals surface area contributed by atoms with Crippen molar-refractivity contribution in [2.24, 2.45) is 0 Å². The van der Waals surface area contributed by atoms with E-state index in [1.165, 1.54) is 22.4 Å². The van der Waals surface area contributed by atoms with Crippen LogP contribution in [0.4, 0.5) is 5.69 Å². The number of methoxy groups -OCH3 is 1. The maximum atomic E-state index is 5.50. The van der Waals surface area contributed by atoms with Gasteiger partial charge in [-0.3, -0.25) is 4.90 Å². The van der Waals surface area contributed by atoms with E-state index in [4.69, 9.17) is 4.74 Å². The van der Waals surface area contributed by atoms with Gasteiger partial charge in [-0.05, 0) is 49.2 Å². The second kappa shape index (κ2) is 7.58. The Morgan fingerprint density at radius 3 is 2.46 bits per heavy atom. The summed E-state index contributed by atoms with van der Waals surface area (Å²) in [6, 6.07) is 12.9. The molecule has 1 aliphatic rings. The lowest BCUT2D eigenvalue weighted by molar-refractivity contribution is 0.246. The van der Waals surface area contributed by atoms with Crippen LogP contribution in [0.15, 0.2) is 40.9 Å². The summed E-state index contributed by atoms with van der Waals surface area (Å²) < 4.78 is 6.61. The molecule has 4 heteroatoms. The summed E-state index contributed by atoms with van der Waals surface area (Å²) in [6.45, 7) is 9.59. The first-order valence-electron chi connectivity index (χ1n) is 8.44. The Hall–Kier alpha value is -1.52. The fourth-order valence-corrected chi connectivity index (χ4v) is 3.73. The van der Waals surface area contributed by atoms with E-state index in [9.17, 15) is 0 Å². The molecule has 2 aromatic rings. The van der Waals surface area contributed by atoms with Gasteiger partial charge in [0.25, 0.3) is 0 Å². The molecule has 0 spiro atoms. The quantitative estimate of drug-likeness (QED) is 0.771. The van der Waals surface area contributed by atoms with Crippen LogP contribution in [0.2, 0.25) is 0 Å². The minimum atomic E-state index is 0.934. The van der Waals surface area contributed by atoms with Crippen LogP contribution in [-0.2, 0) is 6.54 Å². The Labute approximate surface area is 153 Å². The molecule has 0 unspecified atom stereocenters. The lowest BCUT2D eigenvalue weighted by Gasteiger charge is -2.37. The summed E-state index contributed by atoms with van der Waals surface area (Å²) in [7, 11) is 1.74. The molecule has 2 aromatic carbocycles. The van der Waals surface area contributed by atoms with Crippen LogP contribution in [-0.4, -0.2) is 38.2 Å². The molecule has 128 valence electrons. The van der Waals surface area contributed by atoms with Crippen molar-refractivity contribution in [2.45, 2.75) is 20.4 Å². The van der Waals surface area contributed by atoms with Gasteiger partial charge in [-0.15, -0.1) is 0 Å². The van der Waals surface area contributed by atoms with E-state index in [1.54, 1.807) is 7.11 Å². The van der Waals surface area contributed by atoms with Crippen molar-refractivity contribution in [1.29, 1.82) is 0 Å². The normalized spacial score (nSPS) is 15.6. The van der Waals surface area contributed by atoms with Gasteiger partial charge in [0.1, 0.15) is 5.75 Å². The fraction of sp³-hybridized carbons (Fsp3) is 0.400. The Morgan fingerprint density at radius 1 is 1.00 bits per heavy atom. The third kappa shape index (κ3) is 3.93. The van der Waals surface area contributed by atoms with E-state index >= 15 is 0 Å². The smallest absolute Gasteiger partial charge is 0.123 e. The van der Waals surface area contributed by atoms with Crippen LogP contribution in [0.5, 0.6) is 5.75 Å². The maximum absolute atomic E-state index is 5.50. The summed E-state index contributed by atoms with van der Waals surface area (Å²) in [5.41, 5.74) is 5.32. The Balaban J connectivity index is 1.65. The Bertz CT molecular complexity index is 709. The Kier molecular flexibility index (Phi) is 5.47. The molecule has 0 aliphatic carbocycles. The number of nitrogens with zero attached hydrogens (tertiary/aromatic N) is 2. The molecular weight excluding hydrogens is 364 g/mol. The predicted molar refractivity (Wildman–Crippen MR) is 104 cm³/mol. The highest BCUT2D eigenvalue weighted by Crippen LogP contribution is 2.26. The fourth-order valence-electron chi connectivity index (χ4n) is 3.32. The molecule has 3 rings (SSSR count). The van der Waals surface area contributed by atoms with Crippen molar-refractivity contribution in [3.05, 3.63) is 57.6 Å². The molecule has 0 bridgehead atoms. The van der Waals surface area contributed by atoms with Crippen molar-refractivity contribution in [3.63, 3.8) is 0 Å². The highest BCUT2D eigenvalue weighted by Gasteiger charge is 2.19. The highest BCUT2D eigenvalue weighted by molar-refractivity contribution is 9.10. The van der Waals surface area contributed by atoms with Crippen LogP contribution in [0.3, 0.4) is 0 Å². The van der Waals surface area contributed by atoms with Gasteiger partial charge in [-0.2, -0.15) is 0 Å². The molecule has 24 heavy (non-hydrogen) atoms. The van der Waals surface area contributed by atoms with Gasteiger partial charge in [0.2, 0.25) is 0 Å². The minimum Gasteiger partial charge on any atom is -0.496 e. The number of ether oxygens (including phenoxy) is 1. The minimum absolute atomic E-state index is 0.934. The average Bonchev–Trinajstić information content (AvgIpc) is 2.58. The van der Waals surface area contributed by atoms with Crippen LogP contribution in [0.25, 0.3) is 0 Å². The van der Waals surface area contributed by atoms with E-state index < -0.39 is 0 Å². The third-order valence-electron chi connectivity index (χ3n) is 4.71. The maximum Gasteiger partial charge on any atom is 0.123 e. The van der Waals surface area contributed by atoms with Gasteiger partial charge in [0.15, 0.2) is 0 Å². The predicted octanol–water partition coefficient (Wildman–Crippen LogP) is 4.40.